The minimum absolute atomic E-state index is 0.456. The first-order valence-corrected chi connectivity index (χ1v) is 22.4. The molecule has 3 aliphatic rings. The van der Waals surface area contributed by atoms with Crippen LogP contribution in [0.4, 0.5) is 17.1 Å². The maximum Gasteiger partial charge on any atom is 0.0726 e. The zero-order valence-corrected chi connectivity index (χ0v) is 35.5. The number of hydrogen-bond donors (Lipinski definition) is 0. The molecule has 1 heteroatoms. The summed E-state index contributed by atoms with van der Waals surface area (Å²) in [6, 6.07) is 90.7. The van der Waals surface area contributed by atoms with E-state index in [-0.39, 0.29) is 0 Å². The number of aryl methyl sites for hydroxylation is 1. The first kappa shape index (κ1) is 36.6. The van der Waals surface area contributed by atoms with E-state index in [1.165, 1.54) is 94.6 Å². The van der Waals surface area contributed by atoms with Crippen LogP contribution in [0.15, 0.2) is 243 Å². The van der Waals surface area contributed by atoms with Gasteiger partial charge in [0.2, 0.25) is 0 Å². The van der Waals surface area contributed by atoms with Crippen molar-refractivity contribution in [1.82, 2.24) is 0 Å². The van der Waals surface area contributed by atoms with Crippen molar-refractivity contribution in [2.45, 2.75) is 17.8 Å². The van der Waals surface area contributed by atoms with E-state index in [1.54, 1.807) is 0 Å². The largest absolute Gasteiger partial charge is 0.310 e. The minimum Gasteiger partial charge on any atom is -0.310 e. The summed E-state index contributed by atoms with van der Waals surface area (Å²) in [5, 5.41) is 0. The van der Waals surface area contributed by atoms with Gasteiger partial charge in [-0.2, -0.15) is 0 Å². The van der Waals surface area contributed by atoms with Crippen LogP contribution in [0, 0.1) is 6.92 Å². The van der Waals surface area contributed by atoms with Gasteiger partial charge in [0.1, 0.15) is 0 Å². The summed E-state index contributed by atoms with van der Waals surface area (Å²) in [6.07, 6.45) is 0. The maximum atomic E-state index is 2.53. The number of nitrogens with zero attached hydrogens (tertiary/aromatic N) is 1. The molecule has 0 N–H and O–H groups in total. The fraction of sp³-hybridized carbons (Fsp3) is 0.0476. The topological polar surface area (TPSA) is 3.24 Å². The van der Waals surface area contributed by atoms with Gasteiger partial charge in [0.05, 0.1) is 10.8 Å². The molecule has 10 aromatic rings. The predicted octanol–water partition coefficient (Wildman–Crippen LogP) is 15.8. The minimum atomic E-state index is -0.525. The van der Waals surface area contributed by atoms with Gasteiger partial charge in [-0.25, -0.2) is 0 Å². The van der Waals surface area contributed by atoms with Crippen LogP contribution in [0.1, 0.15) is 50.1 Å². The van der Waals surface area contributed by atoms with Crippen LogP contribution in [0.3, 0.4) is 0 Å². The van der Waals surface area contributed by atoms with Crippen molar-refractivity contribution in [3.8, 4) is 44.5 Å². The van der Waals surface area contributed by atoms with Gasteiger partial charge in [-0.05, 0) is 138 Å². The highest BCUT2D eigenvalue weighted by Crippen LogP contribution is 2.64. The van der Waals surface area contributed by atoms with Crippen molar-refractivity contribution in [3.05, 3.63) is 293 Å². The fourth-order valence-corrected chi connectivity index (χ4v) is 11.9. The normalized spacial score (nSPS) is 14.0. The van der Waals surface area contributed by atoms with Crippen LogP contribution in [-0.2, 0) is 10.8 Å². The van der Waals surface area contributed by atoms with Gasteiger partial charge in [0.15, 0.2) is 0 Å². The predicted molar refractivity (Wildman–Crippen MR) is 265 cm³/mol. The summed E-state index contributed by atoms with van der Waals surface area (Å²) in [4.78, 5) is 2.53. The fourth-order valence-electron chi connectivity index (χ4n) is 11.9. The molecule has 0 saturated heterocycles. The van der Waals surface area contributed by atoms with E-state index in [9.17, 15) is 0 Å². The van der Waals surface area contributed by atoms with E-state index < -0.39 is 10.8 Å². The molecule has 0 aromatic heterocycles. The van der Waals surface area contributed by atoms with E-state index in [2.05, 4.69) is 254 Å². The molecule has 0 fully saturated rings. The molecule has 300 valence electrons. The monoisotopic (exact) mass is 813 g/mol. The molecular formula is C63H43N. The molecular weight excluding hydrogens is 771 g/mol. The van der Waals surface area contributed by atoms with E-state index in [4.69, 9.17) is 0 Å². The third kappa shape index (κ3) is 4.95. The molecule has 13 rings (SSSR count). The number of benzene rings is 10. The van der Waals surface area contributed by atoms with Crippen molar-refractivity contribution < 1.29 is 0 Å². The van der Waals surface area contributed by atoms with E-state index in [0.717, 1.165) is 17.1 Å². The molecule has 1 spiro atoms. The zero-order chi connectivity index (χ0) is 42.4. The van der Waals surface area contributed by atoms with Crippen molar-refractivity contribution in [1.29, 1.82) is 0 Å². The Morgan fingerprint density at radius 3 is 1.11 bits per heavy atom. The lowest BCUT2D eigenvalue weighted by atomic mass is 9.67. The summed E-state index contributed by atoms with van der Waals surface area (Å²) >= 11 is 0. The number of anilines is 3. The van der Waals surface area contributed by atoms with E-state index in [0.29, 0.717) is 0 Å². The molecule has 0 unspecified atom stereocenters. The van der Waals surface area contributed by atoms with Gasteiger partial charge in [0.25, 0.3) is 0 Å². The Morgan fingerprint density at radius 2 is 0.656 bits per heavy atom. The standard InChI is InChI=1S/C63H43N/c1-42-39-44(43-19-5-2-6-20-43)33-38-61(42)64(47-34-36-53-51-27-11-15-29-55(51)62(59(53)40-47,45-21-7-3-8-22-45)46-23-9-4-10-24-46)48-35-37-54-52-28-14-18-32-58(52)63(60(54)41-48)56-30-16-12-25-49(56)50-26-13-17-31-57(50)63/h2-41H,1H3. The van der Waals surface area contributed by atoms with Crippen LogP contribution in [0.5, 0.6) is 0 Å². The maximum absolute atomic E-state index is 2.53. The van der Waals surface area contributed by atoms with Gasteiger partial charge in [0, 0.05) is 17.1 Å². The third-order valence-electron chi connectivity index (χ3n) is 14.5. The van der Waals surface area contributed by atoms with Crippen molar-refractivity contribution in [3.63, 3.8) is 0 Å². The quantitative estimate of drug-likeness (QED) is 0.162. The molecule has 64 heavy (non-hydrogen) atoms. The SMILES string of the molecule is Cc1cc(-c2ccccc2)ccc1N(c1ccc2c(c1)C(c1ccccc1)(c1ccccc1)c1ccccc1-2)c1ccc2c(c1)C1(c3ccccc3-c3ccccc31)c1ccccc1-2. The highest BCUT2D eigenvalue weighted by molar-refractivity contribution is 5.97. The third-order valence-corrected chi connectivity index (χ3v) is 14.5. The summed E-state index contributed by atoms with van der Waals surface area (Å²) in [6.45, 7) is 2.27. The lowest BCUT2D eigenvalue weighted by Gasteiger charge is -2.35. The Balaban J connectivity index is 1.09. The Morgan fingerprint density at radius 1 is 0.281 bits per heavy atom. The van der Waals surface area contributed by atoms with E-state index in [1.807, 2.05) is 0 Å². The second-order valence-electron chi connectivity index (χ2n) is 17.6. The molecule has 0 amide bonds. The zero-order valence-electron chi connectivity index (χ0n) is 35.5. The summed E-state index contributed by atoms with van der Waals surface area (Å²) in [7, 11) is 0. The molecule has 0 saturated carbocycles. The summed E-state index contributed by atoms with van der Waals surface area (Å²) in [5.74, 6) is 0. The Bertz CT molecular complexity index is 3250. The number of fused-ring (bicyclic) bond motifs is 13. The molecule has 10 aromatic carbocycles. The second kappa shape index (κ2) is 14.0. The van der Waals surface area contributed by atoms with Crippen LogP contribution < -0.4 is 4.90 Å². The Hall–Kier alpha value is -8.00. The lowest BCUT2D eigenvalue weighted by Crippen LogP contribution is -2.28. The lowest BCUT2D eigenvalue weighted by molar-refractivity contribution is 0.768. The highest BCUT2D eigenvalue weighted by Gasteiger charge is 2.52. The van der Waals surface area contributed by atoms with Gasteiger partial charge in [-0.15, -0.1) is 0 Å². The van der Waals surface area contributed by atoms with Crippen LogP contribution >= 0.6 is 0 Å². The van der Waals surface area contributed by atoms with E-state index >= 15 is 0 Å². The molecule has 0 radical (unpaired) electrons. The van der Waals surface area contributed by atoms with Crippen LogP contribution in [0.25, 0.3) is 44.5 Å². The molecule has 0 bridgehead atoms. The van der Waals surface area contributed by atoms with Gasteiger partial charge in [-0.3, -0.25) is 0 Å². The van der Waals surface area contributed by atoms with Crippen molar-refractivity contribution >= 4 is 17.1 Å². The molecule has 0 atom stereocenters. The number of rotatable bonds is 6. The Kier molecular flexibility index (Phi) is 8.02. The van der Waals surface area contributed by atoms with Crippen LogP contribution in [0.2, 0.25) is 0 Å². The summed E-state index contributed by atoms with van der Waals surface area (Å²) < 4.78 is 0. The molecule has 3 aliphatic carbocycles. The van der Waals surface area contributed by atoms with Gasteiger partial charge in [-0.1, -0.05) is 206 Å². The second-order valence-corrected chi connectivity index (χ2v) is 17.6. The average molecular weight is 814 g/mol. The highest BCUT2D eigenvalue weighted by atomic mass is 15.1. The first-order valence-electron chi connectivity index (χ1n) is 22.4. The molecule has 1 nitrogen and oxygen atoms in total. The van der Waals surface area contributed by atoms with Gasteiger partial charge >= 0.3 is 0 Å². The number of hydrogen-bond acceptors (Lipinski definition) is 1. The average Bonchev–Trinajstić information content (AvgIpc) is 3.95. The van der Waals surface area contributed by atoms with Crippen molar-refractivity contribution in [2.75, 3.05) is 4.90 Å². The van der Waals surface area contributed by atoms with Crippen molar-refractivity contribution in [2.24, 2.45) is 0 Å². The molecule has 0 aliphatic heterocycles. The van der Waals surface area contributed by atoms with Crippen LogP contribution in [-0.4, -0.2) is 0 Å². The summed E-state index contributed by atoms with van der Waals surface area (Å²) in [5.41, 5.74) is 24.3. The van der Waals surface area contributed by atoms with Gasteiger partial charge < -0.3 is 4.90 Å². The molecule has 0 heterocycles. The smallest absolute Gasteiger partial charge is 0.0726 e. The Labute approximate surface area is 375 Å². The first-order chi connectivity index (χ1) is 31.7.